The third-order valence-electron chi connectivity index (χ3n) is 2.52. The van der Waals surface area contributed by atoms with Crippen molar-refractivity contribution in [1.82, 2.24) is 0 Å². The van der Waals surface area contributed by atoms with Gasteiger partial charge in [0, 0.05) is 0 Å². The maximum atomic E-state index is 11.3. The number of allylic oxidation sites excluding steroid dienone is 2. The van der Waals surface area contributed by atoms with E-state index < -0.39 is 5.97 Å². The van der Waals surface area contributed by atoms with Crippen LogP contribution in [0.4, 0.5) is 0 Å². The van der Waals surface area contributed by atoms with Crippen molar-refractivity contribution in [1.29, 1.82) is 0 Å². The molecule has 0 aliphatic heterocycles. The van der Waals surface area contributed by atoms with Crippen molar-refractivity contribution in [2.75, 3.05) is 20.2 Å². The zero-order chi connectivity index (χ0) is 14.0. The molecular weight excluding hydrogens is 230 g/mol. The van der Waals surface area contributed by atoms with Gasteiger partial charge in [0.05, 0.1) is 26.4 Å². The number of ether oxygens (including phenoxy) is 1. The van der Waals surface area contributed by atoms with Gasteiger partial charge < -0.3 is 9.64 Å². The zero-order valence-corrected chi connectivity index (χ0v) is 11.8. The fraction of sp³-hybridized carbons (Fsp3) is 0.571. The molecule has 0 radical (unpaired) electrons. The first kappa shape index (κ1) is 16.6. The van der Waals surface area contributed by atoms with E-state index in [1.165, 1.54) is 25.0 Å². The molecule has 0 atom stereocenters. The summed E-state index contributed by atoms with van der Waals surface area (Å²) in [5.41, 5.74) is 0.0843. The van der Waals surface area contributed by atoms with E-state index in [4.69, 9.17) is 0 Å². The number of Topliss-reactive ketones (excluding diaryl/α,β-unsaturated/α-hetero) is 1. The number of carbonyl (C=O) groups is 2. The fourth-order valence-electron chi connectivity index (χ4n) is 1.65. The average molecular weight is 254 g/mol. The highest BCUT2D eigenvalue weighted by atomic mass is 16.5. The van der Waals surface area contributed by atoms with Crippen LogP contribution in [0.25, 0.3) is 0 Å². The molecule has 102 valence electrons. The van der Waals surface area contributed by atoms with Crippen LogP contribution in [0.5, 0.6) is 0 Å². The molecule has 1 N–H and O–H groups in total. The van der Waals surface area contributed by atoms with Crippen molar-refractivity contribution in [3.05, 3.63) is 23.9 Å². The Morgan fingerprint density at radius 3 is 2.11 bits per heavy atom. The van der Waals surface area contributed by atoms with Crippen LogP contribution < -0.4 is 4.90 Å². The lowest BCUT2D eigenvalue weighted by Gasteiger charge is -2.11. The molecule has 0 aromatic carbocycles. The van der Waals surface area contributed by atoms with Crippen molar-refractivity contribution < 1.29 is 19.2 Å². The number of hydrogen-bond donors (Lipinski definition) is 1. The molecule has 0 aromatic rings. The van der Waals surface area contributed by atoms with E-state index in [1.807, 2.05) is 6.20 Å². The van der Waals surface area contributed by atoms with E-state index >= 15 is 0 Å². The van der Waals surface area contributed by atoms with Gasteiger partial charge in [0.2, 0.25) is 0 Å². The molecule has 0 saturated heterocycles. The van der Waals surface area contributed by atoms with Crippen LogP contribution in [-0.2, 0) is 14.3 Å². The van der Waals surface area contributed by atoms with E-state index in [0.29, 0.717) is 0 Å². The standard InChI is InChI=1S/C14H23NO3/c1-5-9-15(10-6-2)11-7-8-13(12(3)16)14(17)18-4/h7-8,11H,5-6,9-10H2,1-4H3/p+1/b11-7+,13-8-. The molecular formula is C14H24NO3+. The first-order valence-electron chi connectivity index (χ1n) is 6.39. The molecule has 0 amide bonds. The van der Waals surface area contributed by atoms with E-state index in [1.54, 1.807) is 6.08 Å². The van der Waals surface area contributed by atoms with E-state index in [0.717, 1.165) is 25.9 Å². The first-order valence-corrected chi connectivity index (χ1v) is 6.39. The minimum Gasteiger partial charge on any atom is -0.465 e. The summed E-state index contributed by atoms with van der Waals surface area (Å²) in [7, 11) is 1.27. The highest BCUT2D eigenvalue weighted by Crippen LogP contribution is 1.99. The second-order valence-corrected chi connectivity index (χ2v) is 4.15. The van der Waals surface area contributed by atoms with Gasteiger partial charge in [0.1, 0.15) is 5.57 Å². The second-order valence-electron chi connectivity index (χ2n) is 4.15. The maximum Gasteiger partial charge on any atom is 0.341 e. The third kappa shape index (κ3) is 6.35. The number of carbonyl (C=O) groups excluding carboxylic acids is 2. The number of rotatable bonds is 8. The molecule has 4 heteroatoms. The summed E-state index contributed by atoms with van der Waals surface area (Å²) in [5, 5.41) is 0. The van der Waals surface area contributed by atoms with Crippen molar-refractivity contribution in [3.8, 4) is 0 Å². The van der Waals surface area contributed by atoms with Crippen LogP contribution >= 0.6 is 0 Å². The summed E-state index contributed by atoms with van der Waals surface area (Å²) in [6.07, 6.45) is 7.46. The van der Waals surface area contributed by atoms with E-state index in [2.05, 4.69) is 18.6 Å². The Hall–Kier alpha value is -1.42. The highest BCUT2D eigenvalue weighted by molar-refractivity contribution is 6.16. The van der Waals surface area contributed by atoms with Gasteiger partial charge >= 0.3 is 5.97 Å². The average Bonchev–Trinajstić information content (AvgIpc) is 2.33. The van der Waals surface area contributed by atoms with Gasteiger partial charge in [-0.15, -0.1) is 0 Å². The summed E-state index contributed by atoms with van der Waals surface area (Å²) in [6.45, 7) is 7.72. The van der Waals surface area contributed by atoms with Gasteiger partial charge in [-0.2, -0.15) is 0 Å². The first-order chi connectivity index (χ1) is 8.56. The summed E-state index contributed by atoms with van der Waals surface area (Å²) in [5.74, 6) is -0.862. The third-order valence-corrected chi connectivity index (χ3v) is 2.52. The molecule has 0 spiro atoms. The summed E-state index contributed by atoms with van der Waals surface area (Å²) in [6, 6.07) is 0. The Morgan fingerprint density at radius 2 is 1.72 bits per heavy atom. The molecule has 0 aromatic heterocycles. The van der Waals surface area contributed by atoms with E-state index in [9.17, 15) is 9.59 Å². The SMILES string of the molecule is CCC[NH+](/C=C/C=C(/C(C)=O)C(=O)OC)CCC. The van der Waals surface area contributed by atoms with Crippen LogP contribution in [-0.4, -0.2) is 32.0 Å². The summed E-state index contributed by atoms with van der Waals surface area (Å²) >= 11 is 0. The molecule has 18 heavy (non-hydrogen) atoms. The molecule has 0 fully saturated rings. The van der Waals surface area contributed by atoms with Gasteiger partial charge in [0.25, 0.3) is 0 Å². The second kappa shape index (κ2) is 9.59. The van der Waals surface area contributed by atoms with E-state index in [-0.39, 0.29) is 11.4 Å². The lowest BCUT2D eigenvalue weighted by molar-refractivity contribution is -0.847. The van der Waals surface area contributed by atoms with Crippen molar-refractivity contribution in [2.24, 2.45) is 0 Å². The smallest absolute Gasteiger partial charge is 0.341 e. The lowest BCUT2D eigenvalue weighted by Crippen LogP contribution is -3.07. The Kier molecular flexibility index (Phi) is 8.84. The van der Waals surface area contributed by atoms with Crippen LogP contribution in [0.1, 0.15) is 33.6 Å². The summed E-state index contributed by atoms with van der Waals surface area (Å²) in [4.78, 5) is 23.9. The van der Waals surface area contributed by atoms with Gasteiger partial charge in [-0.1, -0.05) is 13.8 Å². The quantitative estimate of drug-likeness (QED) is 0.230. The number of hydrogen-bond acceptors (Lipinski definition) is 3. The predicted octanol–water partition coefficient (Wildman–Crippen LogP) is 0.893. The van der Waals surface area contributed by atoms with Gasteiger partial charge in [-0.25, -0.2) is 4.79 Å². The maximum absolute atomic E-state index is 11.3. The Labute approximate surface area is 109 Å². The minimum absolute atomic E-state index is 0.0843. The molecule has 0 bridgehead atoms. The molecule has 0 rings (SSSR count). The number of esters is 1. The predicted molar refractivity (Wildman–Crippen MR) is 71.2 cm³/mol. The van der Waals surface area contributed by atoms with Gasteiger partial charge in [-0.3, -0.25) is 4.79 Å². The fourth-order valence-corrected chi connectivity index (χ4v) is 1.65. The Morgan fingerprint density at radius 1 is 1.17 bits per heavy atom. The van der Waals surface area contributed by atoms with Crippen molar-refractivity contribution in [3.63, 3.8) is 0 Å². The van der Waals surface area contributed by atoms with Crippen LogP contribution in [0.15, 0.2) is 23.9 Å². The normalized spacial score (nSPS) is 12.2. The minimum atomic E-state index is -0.584. The molecule has 4 nitrogen and oxygen atoms in total. The number of nitrogens with one attached hydrogen (secondary N) is 1. The molecule has 0 aliphatic carbocycles. The summed E-state index contributed by atoms with van der Waals surface area (Å²) < 4.78 is 4.56. The molecule has 0 heterocycles. The highest BCUT2D eigenvalue weighted by Gasteiger charge is 2.13. The number of ketones is 1. The molecule has 0 unspecified atom stereocenters. The Bertz CT molecular complexity index is 326. The number of quaternary nitrogens is 1. The topological polar surface area (TPSA) is 47.8 Å². The number of methoxy groups -OCH3 is 1. The molecule has 0 saturated carbocycles. The van der Waals surface area contributed by atoms with Crippen LogP contribution in [0.3, 0.4) is 0 Å². The van der Waals surface area contributed by atoms with Crippen LogP contribution in [0.2, 0.25) is 0 Å². The van der Waals surface area contributed by atoms with Crippen molar-refractivity contribution in [2.45, 2.75) is 33.6 Å². The van der Waals surface area contributed by atoms with Crippen LogP contribution in [0, 0.1) is 0 Å². The monoisotopic (exact) mass is 254 g/mol. The molecule has 0 aliphatic rings. The Balaban J connectivity index is 4.71. The largest absolute Gasteiger partial charge is 0.465 e. The lowest BCUT2D eigenvalue weighted by atomic mass is 10.2. The van der Waals surface area contributed by atoms with Gasteiger partial charge in [0.15, 0.2) is 5.78 Å². The van der Waals surface area contributed by atoms with Gasteiger partial charge in [-0.05, 0) is 31.9 Å². The zero-order valence-electron chi connectivity index (χ0n) is 11.8. The van der Waals surface area contributed by atoms with Crippen molar-refractivity contribution >= 4 is 11.8 Å².